The summed E-state index contributed by atoms with van der Waals surface area (Å²) < 4.78 is 0. The van der Waals surface area contributed by atoms with Gasteiger partial charge in [-0.1, -0.05) is 48.5 Å². The van der Waals surface area contributed by atoms with Crippen molar-refractivity contribution in [2.24, 2.45) is 0 Å². The van der Waals surface area contributed by atoms with Crippen LogP contribution < -0.4 is 10.4 Å². The van der Waals surface area contributed by atoms with E-state index in [0.29, 0.717) is 5.69 Å². The molecule has 2 aromatic carbocycles. The van der Waals surface area contributed by atoms with Crippen molar-refractivity contribution < 1.29 is 9.59 Å². The molecule has 0 aromatic heterocycles. The highest BCUT2D eigenvalue weighted by Gasteiger charge is 2.40. The van der Waals surface area contributed by atoms with Gasteiger partial charge in [-0.15, -0.1) is 0 Å². The van der Waals surface area contributed by atoms with Gasteiger partial charge in [-0.25, -0.2) is 10.4 Å². The van der Waals surface area contributed by atoms with Crippen LogP contribution in [-0.2, 0) is 9.59 Å². The lowest BCUT2D eigenvalue weighted by Gasteiger charge is -2.16. The third-order valence-corrected chi connectivity index (χ3v) is 3.08. The Labute approximate surface area is 110 Å². The molecule has 1 aliphatic heterocycles. The molecule has 1 atom stereocenters. The lowest BCUT2D eigenvalue weighted by molar-refractivity contribution is -0.134. The Morgan fingerprint density at radius 3 is 2.05 bits per heavy atom. The fourth-order valence-electron chi connectivity index (χ4n) is 2.12. The summed E-state index contributed by atoms with van der Waals surface area (Å²) in [6.07, 6.45) is 0. The van der Waals surface area contributed by atoms with Gasteiger partial charge in [0.05, 0.1) is 5.69 Å². The lowest BCUT2D eigenvalue weighted by atomic mass is 10.0. The summed E-state index contributed by atoms with van der Waals surface area (Å²) in [6.45, 7) is 0. The van der Waals surface area contributed by atoms with Crippen molar-refractivity contribution in [1.29, 1.82) is 0 Å². The van der Waals surface area contributed by atoms with E-state index in [1.54, 1.807) is 12.1 Å². The van der Waals surface area contributed by atoms with Crippen LogP contribution in [0.15, 0.2) is 60.7 Å². The quantitative estimate of drug-likeness (QED) is 0.830. The monoisotopic (exact) mass is 252 g/mol. The van der Waals surface area contributed by atoms with Crippen LogP contribution in [0.3, 0.4) is 0 Å². The minimum absolute atomic E-state index is 0.435. The highest BCUT2D eigenvalue weighted by Crippen LogP contribution is 2.24. The third-order valence-electron chi connectivity index (χ3n) is 3.08. The van der Waals surface area contributed by atoms with Crippen LogP contribution in [0.4, 0.5) is 5.69 Å². The Balaban J connectivity index is 1.92. The van der Waals surface area contributed by atoms with E-state index in [9.17, 15) is 9.59 Å². The molecule has 1 unspecified atom stereocenters. The van der Waals surface area contributed by atoms with Gasteiger partial charge in [0.2, 0.25) is 5.78 Å². The predicted octanol–water partition coefficient (Wildman–Crippen LogP) is 1.85. The Morgan fingerprint density at radius 1 is 0.842 bits per heavy atom. The number of hydrogen-bond acceptors (Lipinski definition) is 3. The van der Waals surface area contributed by atoms with Crippen molar-refractivity contribution in [1.82, 2.24) is 5.43 Å². The van der Waals surface area contributed by atoms with E-state index in [0.717, 1.165) is 5.56 Å². The summed E-state index contributed by atoms with van der Waals surface area (Å²) in [6, 6.07) is 17.7. The molecule has 0 spiro atoms. The van der Waals surface area contributed by atoms with E-state index in [4.69, 9.17) is 0 Å². The first-order valence-electron chi connectivity index (χ1n) is 6.02. The van der Waals surface area contributed by atoms with Gasteiger partial charge in [0.25, 0.3) is 0 Å². The van der Waals surface area contributed by atoms with Crippen LogP contribution in [0, 0.1) is 0 Å². The zero-order chi connectivity index (χ0) is 13.2. The Bertz CT molecular complexity index is 555. The fraction of sp³-hybridized carbons (Fsp3) is 0.0667. The number of nitrogens with zero attached hydrogens (tertiary/aromatic N) is 1. The van der Waals surface area contributed by atoms with Crippen LogP contribution >= 0.6 is 0 Å². The van der Waals surface area contributed by atoms with Gasteiger partial charge >= 0.3 is 5.91 Å². The maximum Gasteiger partial charge on any atom is 0.310 e. The molecule has 2 aromatic rings. The highest BCUT2D eigenvalue weighted by molar-refractivity contribution is 6.45. The topological polar surface area (TPSA) is 49.4 Å². The zero-order valence-corrected chi connectivity index (χ0v) is 10.1. The summed E-state index contributed by atoms with van der Waals surface area (Å²) >= 11 is 0. The van der Waals surface area contributed by atoms with Gasteiger partial charge < -0.3 is 0 Å². The predicted molar refractivity (Wildman–Crippen MR) is 71.3 cm³/mol. The molecule has 0 aliphatic carbocycles. The van der Waals surface area contributed by atoms with Crippen LogP contribution in [0.5, 0.6) is 0 Å². The normalized spacial score (nSPS) is 18.9. The van der Waals surface area contributed by atoms with Gasteiger partial charge in [0.15, 0.2) is 0 Å². The maximum absolute atomic E-state index is 12.0. The molecule has 94 valence electrons. The molecule has 4 nitrogen and oxygen atoms in total. The first kappa shape index (κ1) is 11.6. The number of ketones is 1. The second kappa shape index (κ2) is 4.66. The molecule has 1 fully saturated rings. The molecule has 3 rings (SSSR count). The van der Waals surface area contributed by atoms with E-state index in [-0.39, 0.29) is 0 Å². The molecular formula is C15H12N2O2. The Kier molecular flexibility index (Phi) is 2.85. The van der Waals surface area contributed by atoms with E-state index in [1.165, 1.54) is 5.01 Å². The summed E-state index contributed by atoms with van der Waals surface area (Å²) in [5.74, 6) is -0.963. The van der Waals surface area contributed by atoms with Gasteiger partial charge in [-0.3, -0.25) is 9.59 Å². The molecule has 19 heavy (non-hydrogen) atoms. The number of hydrogen-bond donors (Lipinski definition) is 1. The number of Topliss-reactive ketones (excluding diaryl/α,β-unsaturated/α-hetero) is 1. The number of benzene rings is 2. The molecule has 4 heteroatoms. The number of rotatable bonds is 2. The van der Waals surface area contributed by atoms with Gasteiger partial charge in [-0.2, -0.15) is 0 Å². The number of para-hydroxylation sites is 1. The summed E-state index contributed by atoms with van der Waals surface area (Å²) in [5.41, 5.74) is 4.41. The first-order chi connectivity index (χ1) is 9.27. The van der Waals surface area contributed by atoms with E-state index < -0.39 is 17.7 Å². The zero-order valence-electron chi connectivity index (χ0n) is 10.1. The number of carbonyl (C=O) groups is 2. The minimum atomic E-state index is -0.603. The van der Waals surface area contributed by atoms with Crippen molar-refractivity contribution >= 4 is 17.4 Å². The smallest absolute Gasteiger partial charge is 0.286 e. The van der Waals surface area contributed by atoms with E-state index >= 15 is 0 Å². The number of nitrogens with one attached hydrogen (secondary N) is 1. The molecule has 0 saturated carbocycles. The van der Waals surface area contributed by atoms with Crippen molar-refractivity contribution in [2.45, 2.75) is 6.04 Å². The second-order valence-electron chi connectivity index (χ2n) is 4.31. The van der Waals surface area contributed by atoms with Gasteiger partial charge in [-0.05, 0) is 17.7 Å². The molecule has 1 saturated heterocycles. The maximum atomic E-state index is 12.0. The third kappa shape index (κ3) is 2.02. The van der Waals surface area contributed by atoms with Crippen molar-refractivity contribution in [3.05, 3.63) is 66.2 Å². The minimum Gasteiger partial charge on any atom is -0.286 e. The Morgan fingerprint density at radius 2 is 1.42 bits per heavy atom. The highest BCUT2D eigenvalue weighted by atomic mass is 16.2. The molecule has 1 N–H and O–H groups in total. The summed E-state index contributed by atoms with van der Waals surface area (Å²) in [7, 11) is 0. The SMILES string of the molecule is O=C1C(=O)N(c2ccccc2)NC1c1ccccc1. The van der Waals surface area contributed by atoms with Gasteiger partial charge in [0.1, 0.15) is 6.04 Å². The average molecular weight is 252 g/mol. The van der Waals surface area contributed by atoms with Crippen LogP contribution in [0.25, 0.3) is 0 Å². The number of amides is 1. The van der Waals surface area contributed by atoms with Gasteiger partial charge in [0, 0.05) is 0 Å². The molecule has 1 amide bonds. The fourth-order valence-corrected chi connectivity index (χ4v) is 2.12. The van der Waals surface area contributed by atoms with E-state index in [2.05, 4.69) is 5.43 Å². The second-order valence-corrected chi connectivity index (χ2v) is 4.31. The van der Waals surface area contributed by atoms with Crippen LogP contribution in [0.2, 0.25) is 0 Å². The molecule has 0 radical (unpaired) electrons. The average Bonchev–Trinajstić information content (AvgIpc) is 2.77. The molecule has 1 heterocycles. The Hall–Kier alpha value is -2.46. The summed E-state index contributed by atoms with van der Waals surface area (Å²) in [4.78, 5) is 24.0. The molecule has 0 bridgehead atoms. The van der Waals surface area contributed by atoms with Crippen LogP contribution in [-0.4, -0.2) is 11.7 Å². The number of anilines is 1. The molecule has 1 aliphatic rings. The first-order valence-corrected chi connectivity index (χ1v) is 6.02. The lowest BCUT2D eigenvalue weighted by Crippen LogP contribution is -2.35. The van der Waals surface area contributed by atoms with Crippen molar-refractivity contribution in [3.63, 3.8) is 0 Å². The van der Waals surface area contributed by atoms with Crippen molar-refractivity contribution in [3.8, 4) is 0 Å². The largest absolute Gasteiger partial charge is 0.310 e. The van der Waals surface area contributed by atoms with Crippen LogP contribution in [0.1, 0.15) is 11.6 Å². The number of carbonyl (C=O) groups excluding carboxylic acids is 2. The van der Waals surface area contributed by atoms with Crippen molar-refractivity contribution in [2.75, 3.05) is 5.01 Å². The standard InChI is InChI=1S/C15H12N2O2/c18-14-13(11-7-3-1-4-8-11)16-17(15(14)19)12-9-5-2-6-10-12/h1-10,13,16H. The summed E-state index contributed by atoms with van der Waals surface area (Å²) in [5, 5.41) is 1.31. The number of hydrazine groups is 1. The van der Waals surface area contributed by atoms with E-state index in [1.807, 2.05) is 48.5 Å². The molecular weight excluding hydrogens is 240 g/mol.